The van der Waals surface area contributed by atoms with E-state index in [4.69, 9.17) is 0 Å². The SMILES string of the molecule is CCN(CC)Cc1ccc(CNC(=O)N(C)Cc2cnn(C)c2)cc1. The molecule has 1 aromatic heterocycles. The summed E-state index contributed by atoms with van der Waals surface area (Å²) < 4.78 is 1.74. The van der Waals surface area contributed by atoms with Crippen LogP contribution in [0.4, 0.5) is 4.79 Å². The Hall–Kier alpha value is -2.34. The number of aryl methyl sites for hydroxylation is 1. The van der Waals surface area contributed by atoms with Crippen molar-refractivity contribution in [1.82, 2.24) is 24.9 Å². The van der Waals surface area contributed by atoms with Gasteiger partial charge in [-0.25, -0.2) is 4.79 Å². The standard InChI is InChI=1S/C19H29N5O/c1-5-24(6-2)15-17-9-7-16(8-10-17)11-20-19(25)22(3)13-18-12-21-23(4)14-18/h7-10,12,14H,5-6,11,13,15H2,1-4H3,(H,20,25). The highest BCUT2D eigenvalue weighted by molar-refractivity contribution is 5.73. The first-order valence-electron chi connectivity index (χ1n) is 8.78. The van der Waals surface area contributed by atoms with E-state index in [1.807, 2.05) is 13.2 Å². The van der Waals surface area contributed by atoms with E-state index in [-0.39, 0.29) is 6.03 Å². The lowest BCUT2D eigenvalue weighted by Crippen LogP contribution is -2.36. The van der Waals surface area contributed by atoms with Crippen LogP contribution >= 0.6 is 0 Å². The Morgan fingerprint density at radius 2 is 1.72 bits per heavy atom. The van der Waals surface area contributed by atoms with Gasteiger partial charge in [-0.3, -0.25) is 9.58 Å². The van der Waals surface area contributed by atoms with E-state index >= 15 is 0 Å². The molecular formula is C19H29N5O. The third-order valence-electron chi connectivity index (χ3n) is 4.29. The predicted octanol–water partition coefficient (Wildman–Crippen LogP) is 2.60. The van der Waals surface area contributed by atoms with Crippen molar-refractivity contribution in [3.8, 4) is 0 Å². The van der Waals surface area contributed by atoms with Crippen LogP contribution in [0.25, 0.3) is 0 Å². The van der Waals surface area contributed by atoms with E-state index in [0.717, 1.165) is 30.8 Å². The number of benzene rings is 1. The smallest absolute Gasteiger partial charge is 0.317 e. The number of hydrogen-bond acceptors (Lipinski definition) is 3. The minimum absolute atomic E-state index is 0.0870. The van der Waals surface area contributed by atoms with Gasteiger partial charge in [0.2, 0.25) is 0 Å². The summed E-state index contributed by atoms with van der Waals surface area (Å²) in [6, 6.07) is 8.36. The Kier molecular flexibility index (Phi) is 7.01. The van der Waals surface area contributed by atoms with Crippen LogP contribution in [0.15, 0.2) is 36.7 Å². The van der Waals surface area contributed by atoms with Gasteiger partial charge in [-0.05, 0) is 24.2 Å². The van der Waals surface area contributed by atoms with E-state index in [1.54, 1.807) is 22.8 Å². The molecule has 0 fully saturated rings. The number of aromatic nitrogens is 2. The Bertz CT molecular complexity index is 661. The van der Waals surface area contributed by atoms with Crippen LogP contribution in [0.5, 0.6) is 0 Å². The van der Waals surface area contributed by atoms with E-state index < -0.39 is 0 Å². The first-order chi connectivity index (χ1) is 12.0. The molecule has 2 aromatic rings. The van der Waals surface area contributed by atoms with Crippen molar-refractivity contribution in [1.29, 1.82) is 0 Å². The number of nitrogens with one attached hydrogen (secondary N) is 1. The average molecular weight is 343 g/mol. The first kappa shape index (κ1) is 19.0. The van der Waals surface area contributed by atoms with Crippen molar-refractivity contribution in [2.75, 3.05) is 20.1 Å². The highest BCUT2D eigenvalue weighted by atomic mass is 16.2. The van der Waals surface area contributed by atoms with Crippen molar-refractivity contribution < 1.29 is 4.79 Å². The van der Waals surface area contributed by atoms with Gasteiger partial charge in [0.25, 0.3) is 0 Å². The van der Waals surface area contributed by atoms with E-state index in [0.29, 0.717) is 13.1 Å². The molecule has 6 nitrogen and oxygen atoms in total. The molecule has 0 saturated carbocycles. The molecule has 0 spiro atoms. The molecule has 0 radical (unpaired) electrons. The minimum atomic E-state index is -0.0870. The van der Waals surface area contributed by atoms with E-state index in [9.17, 15) is 4.79 Å². The zero-order valence-electron chi connectivity index (χ0n) is 15.7. The fourth-order valence-corrected chi connectivity index (χ4v) is 2.68. The molecule has 1 heterocycles. The second-order valence-corrected chi connectivity index (χ2v) is 6.31. The lowest BCUT2D eigenvalue weighted by molar-refractivity contribution is 0.206. The molecule has 25 heavy (non-hydrogen) atoms. The van der Waals surface area contributed by atoms with E-state index in [2.05, 4.69) is 53.4 Å². The van der Waals surface area contributed by atoms with Gasteiger partial charge >= 0.3 is 6.03 Å². The lowest BCUT2D eigenvalue weighted by Gasteiger charge is -2.18. The number of hydrogen-bond donors (Lipinski definition) is 1. The minimum Gasteiger partial charge on any atom is -0.334 e. The second-order valence-electron chi connectivity index (χ2n) is 6.31. The topological polar surface area (TPSA) is 53.4 Å². The Labute approximate surface area is 150 Å². The van der Waals surface area contributed by atoms with Crippen LogP contribution < -0.4 is 5.32 Å². The number of nitrogens with zero attached hydrogens (tertiary/aromatic N) is 4. The molecule has 0 saturated heterocycles. The average Bonchev–Trinajstić information content (AvgIpc) is 3.03. The summed E-state index contributed by atoms with van der Waals surface area (Å²) in [5.74, 6) is 0. The quantitative estimate of drug-likeness (QED) is 0.801. The molecule has 1 aromatic carbocycles. The maximum absolute atomic E-state index is 12.2. The van der Waals surface area contributed by atoms with Crippen molar-refractivity contribution in [2.24, 2.45) is 7.05 Å². The molecular weight excluding hydrogens is 314 g/mol. The maximum atomic E-state index is 12.2. The van der Waals surface area contributed by atoms with Gasteiger partial charge in [0.1, 0.15) is 0 Å². The number of rotatable bonds is 8. The molecule has 0 aliphatic carbocycles. The van der Waals surface area contributed by atoms with Gasteiger partial charge in [-0.2, -0.15) is 5.10 Å². The molecule has 136 valence electrons. The zero-order chi connectivity index (χ0) is 18.2. The summed E-state index contributed by atoms with van der Waals surface area (Å²) in [7, 11) is 3.66. The van der Waals surface area contributed by atoms with Gasteiger partial charge in [-0.15, -0.1) is 0 Å². The molecule has 2 amide bonds. The van der Waals surface area contributed by atoms with Crippen molar-refractivity contribution >= 4 is 6.03 Å². The normalized spacial score (nSPS) is 10.9. The highest BCUT2D eigenvalue weighted by Crippen LogP contribution is 2.08. The monoisotopic (exact) mass is 343 g/mol. The fraction of sp³-hybridized carbons (Fsp3) is 0.474. The largest absolute Gasteiger partial charge is 0.334 e. The fourth-order valence-electron chi connectivity index (χ4n) is 2.68. The summed E-state index contributed by atoms with van der Waals surface area (Å²) in [6.07, 6.45) is 3.69. The van der Waals surface area contributed by atoms with Crippen LogP contribution in [0.3, 0.4) is 0 Å². The third-order valence-corrected chi connectivity index (χ3v) is 4.29. The molecule has 0 atom stereocenters. The predicted molar refractivity (Wildman–Crippen MR) is 100.0 cm³/mol. The molecule has 0 aliphatic rings. The maximum Gasteiger partial charge on any atom is 0.317 e. The van der Waals surface area contributed by atoms with E-state index in [1.165, 1.54) is 5.56 Å². The lowest BCUT2D eigenvalue weighted by atomic mass is 10.1. The Morgan fingerprint density at radius 1 is 1.08 bits per heavy atom. The number of urea groups is 1. The highest BCUT2D eigenvalue weighted by Gasteiger charge is 2.10. The van der Waals surface area contributed by atoms with Crippen LogP contribution in [-0.4, -0.2) is 45.7 Å². The van der Waals surface area contributed by atoms with Gasteiger partial charge in [0.05, 0.1) is 12.7 Å². The summed E-state index contributed by atoms with van der Waals surface area (Å²) in [4.78, 5) is 16.2. The molecule has 0 aliphatic heterocycles. The molecule has 0 unspecified atom stereocenters. The number of carbonyl (C=O) groups is 1. The first-order valence-corrected chi connectivity index (χ1v) is 8.78. The third kappa shape index (κ3) is 5.90. The van der Waals surface area contributed by atoms with Gasteiger partial charge in [0, 0.05) is 38.9 Å². The van der Waals surface area contributed by atoms with Crippen LogP contribution in [-0.2, 0) is 26.7 Å². The molecule has 0 bridgehead atoms. The second kappa shape index (κ2) is 9.22. The molecule has 6 heteroatoms. The molecule has 1 N–H and O–H groups in total. The number of carbonyl (C=O) groups excluding carboxylic acids is 1. The number of amides is 2. The van der Waals surface area contributed by atoms with Crippen LogP contribution in [0.2, 0.25) is 0 Å². The summed E-state index contributed by atoms with van der Waals surface area (Å²) >= 11 is 0. The van der Waals surface area contributed by atoms with Crippen molar-refractivity contribution in [3.63, 3.8) is 0 Å². The Morgan fingerprint density at radius 3 is 2.28 bits per heavy atom. The van der Waals surface area contributed by atoms with Gasteiger partial charge in [0.15, 0.2) is 0 Å². The van der Waals surface area contributed by atoms with Crippen molar-refractivity contribution in [2.45, 2.75) is 33.5 Å². The van der Waals surface area contributed by atoms with Crippen LogP contribution in [0, 0.1) is 0 Å². The van der Waals surface area contributed by atoms with Crippen molar-refractivity contribution in [3.05, 3.63) is 53.3 Å². The zero-order valence-corrected chi connectivity index (χ0v) is 15.7. The summed E-state index contributed by atoms with van der Waals surface area (Å²) in [5, 5.41) is 7.08. The summed E-state index contributed by atoms with van der Waals surface area (Å²) in [6.45, 7) is 8.50. The van der Waals surface area contributed by atoms with Gasteiger partial charge in [-0.1, -0.05) is 38.1 Å². The van der Waals surface area contributed by atoms with Gasteiger partial charge < -0.3 is 10.2 Å². The Balaban J connectivity index is 1.80. The van der Waals surface area contributed by atoms with Crippen LogP contribution in [0.1, 0.15) is 30.5 Å². The summed E-state index contributed by atoms with van der Waals surface area (Å²) in [5.41, 5.74) is 3.42. The molecule has 2 rings (SSSR count).